The van der Waals surface area contributed by atoms with Crippen LogP contribution in [0.5, 0.6) is 17.2 Å². The van der Waals surface area contributed by atoms with Gasteiger partial charge < -0.3 is 24.4 Å². The lowest BCUT2D eigenvalue weighted by molar-refractivity contribution is -0.122. The number of halogens is 1. The van der Waals surface area contributed by atoms with Crippen molar-refractivity contribution in [3.8, 4) is 17.2 Å². The smallest absolute Gasteiger partial charge is 0.255 e. The second kappa shape index (κ2) is 10.7. The van der Waals surface area contributed by atoms with Crippen LogP contribution in [-0.2, 0) is 17.9 Å². The van der Waals surface area contributed by atoms with Gasteiger partial charge in [0.15, 0.2) is 11.5 Å². The Hall–Kier alpha value is -3.71. The number of ether oxygens (including phenoxy) is 3. The van der Waals surface area contributed by atoms with Crippen LogP contribution in [0.1, 0.15) is 39.5 Å². The van der Waals surface area contributed by atoms with E-state index in [1.165, 1.54) is 21.3 Å². The minimum atomic E-state index is -0.547. The Morgan fingerprint density at radius 3 is 2.26 bits per heavy atom. The average molecular weight is 495 g/mol. The van der Waals surface area contributed by atoms with E-state index in [0.29, 0.717) is 46.5 Å². The minimum Gasteiger partial charge on any atom is -0.493 e. The van der Waals surface area contributed by atoms with E-state index in [2.05, 4.69) is 5.32 Å². The van der Waals surface area contributed by atoms with E-state index in [1.807, 2.05) is 36.4 Å². The Kier molecular flexibility index (Phi) is 7.46. The third-order valence-electron chi connectivity index (χ3n) is 6.08. The molecule has 3 aromatic carbocycles. The normalized spacial score (nSPS) is 13.3. The number of nitrogens with zero attached hydrogens (tertiary/aromatic N) is 1. The van der Waals surface area contributed by atoms with Gasteiger partial charge in [0.05, 0.1) is 33.8 Å². The van der Waals surface area contributed by atoms with Crippen LogP contribution in [0.25, 0.3) is 0 Å². The molecule has 0 saturated heterocycles. The fraction of sp³-hybridized carbons (Fsp3) is 0.259. The summed E-state index contributed by atoms with van der Waals surface area (Å²) < 4.78 is 16.5. The first-order valence-corrected chi connectivity index (χ1v) is 11.5. The highest BCUT2D eigenvalue weighted by Crippen LogP contribution is 2.42. The minimum absolute atomic E-state index is 0.0615. The first kappa shape index (κ1) is 24.4. The summed E-state index contributed by atoms with van der Waals surface area (Å²) in [5.41, 5.74) is 3.21. The summed E-state index contributed by atoms with van der Waals surface area (Å²) in [5, 5.41) is 3.58. The maximum absolute atomic E-state index is 13.3. The number of amides is 2. The number of rotatable bonds is 9. The largest absolute Gasteiger partial charge is 0.493 e. The molecule has 7 nitrogen and oxygen atoms in total. The molecule has 3 aromatic rings. The van der Waals surface area contributed by atoms with Crippen molar-refractivity contribution in [1.82, 2.24) is 10.2 Å². The topological polar surface area (TPSA) is 77.1 Å². The third kappa shape index (κ3) is 5.20. The molecule has 0 aliphatic carbocycles. The maximum Gasteiger partial charge on any atom is 0.255 e. The lowest BCUT2D eigenvalue weighted by Crippen LogP contribution is -2.34. The summed E-state index contributed by atoms with van der Waals surface area (Å²) in [5.74, 6) is 1.04. The molecule has 1 N–H and O–H groups in total. The van der Waals surface area contributed by atoms with Crippen LogP contribution < -0.4 is 19.5 Å². The Morgan fingerprint density at radius 1 is 1.00 bits per heavy atom. The Bertz CT molecular complexity index is 1200. The number of methoxy groups -OCH3 is 3. The van der Waals surface area contributed by atoms with Gasteiger partial charge in [-0.3, -0.25) is 9.59 Å². The van der Waals surface area contributed by atoms with E-state index in [9.17, 15) is 9.59 Å². The van der Waals surface area contributed by atoms with E-state index >= 15 is 0 Å². The van der Waals surface area contributed by atoms with Gasteiger partial charge in [-0.2, -0.15) is 0 Å². The van der Waals surface area contributed by atoms with Crippen LogP contribution in [-0.4, -0.2) is 38.0 Å². The SMILES string of the molecule is COc1cc([C@H](CC(=O)NCc2ccc(Cl)cc2)N2Cc3ccccc3C2=O)cc(OC)c1OC. The van der Waals surface area contributed by atoms with Crippen LogP contribution >= 0.6 is 11.6 Å². The van der Waals surface area contributed by atoms with Gasteiger partial charge in [-0.25, -0.2) is 0 Å². The summed E-state index contributed by atoms with van der Waals surface area (Å²) in [7, 11) is 4.60. The quantitative estimate of drug-likeness (QED) is 0.463. The Balaban J connectivity index is 1.64. The number of hydrogen-bond acceptors (Lipinski definition) is 5. The van der Waals surface area contributed by atoms with Crippen molar-refractivity contribution in [2.24, 2.45) is 0 Å². The summed E-state index contributed by atoms with van der Waals surface area (Å²) in [6, 6.07) is 17.8. The molecule has 35 heavy (non-hydrogen) atoms. The molecule has 0 spiro atoms. The predicted octanol–water partition coefficient (Wildman–Crippen LogP) is 4.77. The van der Waals surface area contributed by atoms with Gasteiger partial charge in [-0.05, 0) is 47.0 Å². The van der Waals surface area contributed by atoms with Gasteiger partial charge in [0.25, 0.3) is 5.91 Å². The van der Waals surface area contributed by atoms with E-state index in [1.54, 1.807) is 29.2 Å². The molecule has 1 atom stereocenters. The molecule has 0 saturated carbocycles. The number of benzene rings is 3. The van der Waals surface area contributed by atoms with Crippen molar-refractivity contribution in [3.63, 3.8) is 0 Å². The molecule has 8 heteroatoms. The molecule has 2 amide bonds. The molecule has 1 aliphatic heterocycles. The van der Waals surface area contributed by atoms with Gasteiger partial charge in [0.1, 0.15) is 0 Å². The lowest BCUT2D eigenvalue weighted by atomic mass is 10.00. The van der Waals surface area contributed by atoms with Crippen LogP contribution in [0.4, 0.5) is 0 Å². The molecule has 4 rings (SSSR count). The molecule has 0 fully saturated rings. The highest BCUT2D eigenvalue weighted by atomic mass is 35.5. The van der Waals surface area contributed by atoms with Crippen LogP contribution in [0.3, 0.4) is 0 Å². The summed E-state index contributed by atoms with van der Waals surface area (Å²) in [6.45, 7) is 0.757. The highest BCUT2D eigenvalue weighted by Gasteiger charge is 2.35. The number of carbonyl (C=O) groups excluding carboxylic acids is 2. The van der Waals surface area contributed by atoms with Gasteiger partial charge in [-0.15, -0.1) is 0 Å². The zero-order valence-electron chi connectivity index (χ0n) is 19.8. The first-order valence-electron chi connectivity index (χ1n) is 11.1. The second-order valence-electron chi connectivity index (χ2n) is 8.17. The predicted molar refractivity (Wildman–Crippen MR) is 133 cm³/mol. The summed E-state index contributed by atoms with van der Waals surface area (Å²) >= 11 is 5.95. The van der Waals surface area contributed by atoms with E-state index < -0.39 is 6.04 Å². The molecule has 1 aliphatic rings. The summed E-state index contributed by atoms with van der Waals surface area (Å²) in [6.07, 6.45) is 0.0615. The van der Waals surface area contributed by atoms with Crippen molar-refractivity contribution in [3.05, 3.63) is 87.9 Å². The van der Waals surface area contributed by atoms with Crippen molar-refractivity contribution >= 4 is 23.4 Å². The van der Waals surface area contributed by atoms with Crippen molar-refractivity contribution in [2.75, 3.05) is 21.3 Å². The zero-order valence-corrected chi connectivity index (χ0v) is 20.6. The third-order valence-corrected chi connectivity index (χ3v) is 6.33. The maximum atomic E-state index is 13.3. The lowest BCUT2D eigenvalue weighted by Gasteiger charge is -2.29. The number of hydrogen-bond donors (Lipinski definition) is 1. The molecule has 182 valence electrons. The molecule has 0 aromatic heterocycles. The first-order chi connectivity index (χ1) is 16.9. The number of nitrogens with one attached hydrogen (secondary N) is 1. The second-order valence-corrected chi connectivity index (χ2v) is 8.61. The fourth-order valence-corrected chi connectivity index (χ4v) is 4.41. The van der Waals surface area contributed by atoms with Crippen molar-refractivity contribution in [1.29, 1.82) is 0 Å². The van der Waals surface area contributed by atoms with Gasteiger partial charge in [0.2, 0.25) is 11.7 Å². The highest BCUT2D eigenvalue weighted by molar-refractivity contribution is 6.30. The van der Waals surface area contributed by atoms with E-state index in [-0.39, 0.29) is 18.2 Å². The average Bonchev–Trinajstić information content (AvgIpc) is 3.22. The Morgan fingerprint density at radius 2 is 1.66 bits per heavy atom. The van der Waals surface area contributed by atoms with E-state index in [0.717, 1.165) is 11.1 Å². The van der Waals surface area contributed by atoms with Gasteiger partial charge >= 0.3 is 0 Å². The standard InChI is InChI=1S/C27H27ClN2O5/c1-33-23-12-19(13-24(34-2)26(23)35-3)22(30-16-18-6-4-5-7-21(18)27(30)32)14-25(31)29-15-17-8-10-20(28)11-9-17/h4-13,22H,14-16H2,1-3H3,(H,29,31)/t22-/m0/s1. The van der Waals surface area contributed by atoms with Crippen LogP contribution in [0, 0.1) is 0 Å². The fourth-order valence-electron chi connectivity index (χ4n) is 4.28. The van der Waals surface area contributed by atoms with Crippen molar-refractivity contribution < 1.29 is 23.8 Å². The zero-order chi connectivity index (χ0) is 24.9. The molecule has 0 radical (unpaired) electrons. The van der Waals surface area contributed by atoms with E-state index in [4.69, 9.17) is 25.8 Å². The van der Waals surface area contributed by atoms with Crippen LogP contribution in [0.15, 0.2) is 60.7 Å². The van der Waals surface area contributed by atoms with Gasteiger partial charge in [-0.1, -0.05) is 41.9 Å². The monoisotopic (exact) mass is 494 g/mol. The Labute approximate surface area is 209 Å². The molecule has 0 bridgehead atoms. The van der Waals surface area contributed by atoms with Crippen LogP contribution in [0.2, 0.25) is 5.02 Å². The molecular formula is C27H27ClN2O5. The molecule has 1 heterocycles. The molecule has 0 unspecified atom stereocenters. The summed E-state index contributed by atoms with van der Waals surface area (Å²) in [4.78, 5) is 28.1. The number of fused-ring (bicyclic) bond motifs is 1. The molecular weight excluding hydrogens is 468 g/mol. The van der Waals surface area contributed by atoms with Crippen molar-refractivity contribution in [2.45, 2.75) is 25.6 Å². The van der Waals surface area contributed by atoms with Gasteiger partial charge in [0, 0.05) is 23.7 Å². The number of carbonyl (C=O) groups is 2.